The maximum absolute atomic E-state index is 12.3. The second kappa shape index (κ2) is 8.72. The van der Waals surface area contributed by atoms with Crippen LogP contribution < -0.4 is 14.2 Å². The fourth-order valence-corrected chi connectivity index (χ4v) is 4.19. The van der Waals surface area contributed by atoms with Crippen LogP contribution >= 0.6 is 34.8 Å². The van der Waals surface area contributed by atoms with Gasteiger partial charge >= 0.3 is 0 Å². The third kappa shape index (κ3) is 3.62. The quantitative estimate of drug-likeness (QED) is 0.468. The summed E-state index contributed by atoms with van der Waals surface area (Å²) in [4.78, 5) is 0. The molecule has 0 saturated carbocycles. The van der Waals surface area contributed by atoms with Crippen molar-refractivity contribution >= 4 is 34.8 Å². The van der Waals surface area contributed by atoms with Crippen molar-refractivity contribution in [3.8, 4) is 17.2 Å². The summed E-state index contributed by atoms with van der Waals surface area (Å²) < 4.78 is 16.6. The Morgan fingerprint density at radius 1 is 0.586 bits per heavy atom. The van der Waals surface area contributed by atoms with Crippen molar-refractivity contribution in [2.75, 3.05) is 21.3 Å². The number of ether oxygens (including phenoxy) is 3. The van der Waals surface area contributed by atoms with Gasteiger partial charge in [0, 0.05) is 16.7 Å². The number of hydrogen-bond acceptors (Lipinski definition) is 4. The Labute approximate surface area is 184 Å². The number of benzene rings is 3. The van der Waals surface area contributed by atoms with Crippen molar-refractivity contribution < 1.29 is 19.3 Å². The molecule has 152 valence electrons. The predicted octanol–water partition coefficient (Wildman–Crippen LogP) is 5.96. The Hall–Kier alpha value is -2.11. The van der Waals surface area contributed by atoms with E-state index in [1.165, 1.54) is 21.3 Å². The Morgan fingerprint density at radius 2 is 0.862 bits per heavy atom. The van der Waals surface area contributed by atoms with Crippen molar-refractivity contribution in [1.82, 2.24) is 0 Å². The zero-order chi connectivity index (χ0) is 21.2. The Bertz CT molecular complexity index is 907. The first-order chi connectivity index (χ1) is 13.9. The van der Waals surface area contributed by atoms with Crippen molar-refractivity contribution in [1.29, 1.82) is 0 Å². The van der Waals surface area contributed by atoms with E-state index in [4.69, 9.17) is 49.0 Å². The second-order valence-electron chi connectivity index (χ2n) is 6.17. The number of aliphatic hydroxyl groups is 1. The molecule has 7 heteroatoms. The van der Waals surface area contributed by atoms with Crippen LogP contribution in [-0.4, -0.2) is 26.4 Å². The molecule has 1 N–H and O–H groups in total. The van der Waals surface area contributed by atoms with Crippen LogP contribution in [0.4, 0.5) is 0 Å². The molecule has 0 atom stereocenters. The van der Waals surface area contributed by atoms with E-state index in [2.05, 4.69) is 0 Å². The zero-order valence-corrected chi connectivity index (χ0v) is 18.3. The van der Waals surface area contributed by atoms with Crippen LogP contribution in [0.15, 0.2) is 54.6 Å². The van der Waals surface area contributed by atoms with Crippen LogP contribution in [-0.2, 0) is 5.60 Å². The highest BCUT2D eigenvalue weighted by Crippen LogP contribution is 2.51. The molecule has 29 heavy (non-hydrogen) atoms. The molecule has 3 aromatic rings. The smallest absolute Gasteiger partial charge is 0.151 e. The summed E-state index contributed by atoms with van der Waals surface area (Å²) in [5.41, 5.74) is -0.654. The normalized spacial score (nSPS) is 11.3. The van der Waals surface area contributed by atoms with Crippen LogP contribution in [0.3, 0.4) is 0 Å². The Balaban J connectivity index is 2.50. The summed E-state index contributed by atoms with van der Waals surface area (Å²) in [5, 5.41) is 13.3. The molecule has 0 radical (unpaired) electrons. The van der Waals surface area contributed by atoms with Gasteiger partial charge in [-0.2, -0.15) is 0 Å². The molecule has 0 spiro atoms. The lowest BCUT2D eigenvalue weighted by molar-refractivity contribution is 0.115. The summed E-state index contributed by atoms with van der Waals surface area (Å²) in [6.07, 6.45) is 0. The van der Waals surface area contributed by atoms with Crippen molar-refractivity contribution in [3.63, 3.8) is 0 Å². The number of halogens is 3. The second-order valence-corrected chi connectivity index (χ2v) is 7.39. The molecule has 0 unspecified atom stereocenters. The van der Waals surface area contributed by atoms with Crippen molar-refractivity contribution in [2.24, 2.45) is 0 Å². The van der Waals surface area contributed by atoms with Crippen LogP contribution in [0, 0.1) is 0 Å². The monoisotopic (exact) mass is 452 g/mol. The minimum atomic E-state index is -1.80. The van der Waals surface area contributed by atoms with E-state index in [0.717, 1.165) is 0 Å². The van der Waals surface area contributed by atoms with Crippen LogP contribution in [0.1, 0.15) is 16.7 Å². The number of methoxy groups -OCH3 is 3. The van der Waals surface area contributed by atoms with Gasteiger partial charge in [0.05, 0.1) is 36.4 Å². The van der Waals surface area contributed by atoms with E-state index in [9.17, 15) is 5.11 Å². The molecular formula is C22H19Cl3O4. The average Bonchev–Trinajstić information content (AvgIpc) is 2.72. The van der Waals surface area contributed by atoms with Gasteiger partial charge in [0.2, 0.25) is 0 Å². The van der Waals surface area contributed by atoms with Gasteiger partial charge in [0.25, 0.3) is 0 Å². The van der Waals surface area contributed by atoms with E-state index in [1.54, 1.807) is 54.6 Å². The molecule has 0 bridgehead atoms. The SMILES string of the molecule is COc1c(Cl)cccc1C(O)(c1cccc(Cl)c1OC)c1cccc(Cl)c1OC. The molecule has 3 rings (SSSR count). The standard InChI is InChI=1S/C22H19Cl3O4/c1-27-19-13(7-4-10-16(19)23)22(26,14-8-5-11-17(24)20(14)28-2)15-9-6-12-18(25)21(15)29-3/h4-12,26H,1-3H3. The minimum Gasteiger partial charge on any atom is -0.495 e. The van der Waals surface area contributed by atoms with Gasteiger partial charge in [0.1, 0.15) is 17.2 Å². The van der Waals surface area contributed by atoms with Crippen molar-refractivity contribution in [2.45, 2.75) is 5.60 Å². The van der Waals surface area contributed by atoms with Gasteiger partial charge in [-0.15, -0.1) is 0 Å². The highest BCUT2D eigenvalue weighted by Gasteiger charge is 2.42. The lowest BCUT2D eigenvalue weighted by Crippen LogP contribution is -2.31. The number of para-hydroxylation sites is 3. The molecule has 0 saturated heterocycles. The number of hydrogen-bond donors (Lipinski definition) is 1. The predicted molar refractivity (Wildman–Crippen MR) is 116 cm³/mol. The summed E-state index contributed by atoms with van der Waals surface area (Å²) >= 11 is 19.1. The molecule has 0 amide bonds. The molecule has 0 heterocycles. The fourth-order valence-electron chi connectivity index (χ4n) is 3.44. The zero-order valence-electron chi connectivity index (χ0n) is 16.0. The molecule has 3 aromatic carbocycles. The van der Waals surface area contributed by atoms with Gasteiger partial charge in [-0.1, -0.05) is 71.2 Å². The van der Waals surface area contributed by atoms with Crippen LogP contribution in [0.25, 0.3) is 0 Å². The molecule has 0 aliphatic rings. The van der Waals surface area contributed by atoms with Gasteiger partial charge in [-0.05, 0) is 18.2 Å². The highest BCUT2D eigenvalue weighted by molar-refractivity contribution is 6.33. The number of rotatable bonds is 6. The largest absolute Gasteiger partial charge is 0.495 e. The topological polar surface area (TPSA) is 47.9 Å². The fraction of sp³-hybridized carbons (Fsp3) is 0.182. The third-order valence-electron chi connectivity index (χ3n) is 4.68. The van der Waals surface area contributed by atoms with E-state index < -0.39 is 5.60 Å². The molecule has 0 aliphatic heterocycles. The van der Waals surface area contributed by atoms with E-state index in [1.807, 2.05) is 0 Å². The van der Waals surface area contributed by atoms with Crippen molar-refractivity contribution in [3.05, 3.63) is 86.4 Å². The maximum atomic E-state index is 12.3. The molecule has 4 nitrogen and oxygen atoms in total. The molecule has 0 fully saturated rings. The highest BCUT2D eigenvalue weighted by atomic mass is 35.5. The molecule has 0 aliphatic carbocycles. The van der Waals surface area contributed by atoms with Gasteiger partial charge in [0.15, 0.2) is 5.60 Å². The summed E-state index contributed by atoms with van der Waals surface area (Å²) in [7, 11) is 4.45. The van der Waals surface area contributed by atoms with Gasteiger partial charge in [-0.25, -0.2) is 0 Å². The van der Waals surface area contributed by atoms with E-state index in [-0.39, 0.29) is 0 Å². The van der Waals surface area contributed by atoms with Gasteiger partial charge in [-0.3, -0.25) is 0 Å². The van der Waals surface area contributed by atoms with E-state index in [0.29, 0.717) is 49.0 Å². The third-order valence-corrected chi connectivity index (χ3v) is 5.58. The first kappa shape index (κ1) is 21.6. The molecule has 0 aromatic heterocycles. The Morgan fingerprint density at radius 3 is 1.10 bits per heavy atom. The van der Waals surface area contributed by atoms with Crippen LogP contribution in [0.2, 0.25) is 15.1 Å². The van der Waals surface area contributed by atoms with E-state index >= 15 is 0 Å². The summed E-state index contributed by atoms with van der Waals surface area (Å²) in [6.45, 7) is 0. The first-order valence-electron chi connectivity index (χ1n) is 8.61. The maximum Gasteiger partial charge on any atom is 0.151 e. The Kier molecular flexibility index (Phi) is 6.49. The van der Waals surface area contributed by atoms with Gasteiger partial charge < -0.3 is 19.3 Å². The average molecular weight is 454 g/mol. The molecular weight excluding hydrogens is 435 g/mol. The summed E-state index contributed by atoms with van der Waals surface area (Å²) in [5.74, 6) is 0.919. The lowest BCUT2D eigenvalue weighted by Gasteiger charge is -2.34. The van der Waals surface area contributed by atoms with Crippen LogP contribution in [0.5, 0.6) is 17.2 Å². The summed E-state index contributed by atoms with van der Waals surface area (Å²) in [6, 6.07) is 15.3. The first-order valence-corrected chi connectivity index (χ1v) is 9.74. The minimum absolute atomic E-state index is 0.306. The lowest BCUT2D eigenvalue weighted by atomic mass is 9.79.